The molecule has 0 saturated heterocycles. The van der Waals surface area contributed by atoms with Gasteiger partial charge < -0.3 is 10.7 Å². The molecule has 0 radical (unpaired) electrons. The fraction of sp³-hybridized carbons (Fsp3) is 0.308. The van der Waals surface area contributed by atoms with Crippen LogP contribution in [0.25, 0.3) is 0 Å². The minimum Gasteiger partial charge on any atom is -0.332 e. The van der Waals surface area contributed by atoms with Crippen LogP contribution in [0.2, 0.25) is 0 Å². The predicted molar refractivity (Wildman–Crippen MR) is 76.3 cm³/mol. The van der Waals surface area contributed by atoms with Gasteiger partial charge in [-0.2, -0.15) is 4.31 Å². The van der Waals surface area contributed by atoms with Crippen LogP contribution in [0.5, 0.6) is 0 Å². The van der Waals surface area contributed by atoms with Crippen LogP contribution in [-0.4, -0.2) is 29.7 Å². The first-order chi connectivity index (χ1) is 9.45. The Hall–Kier alpha value is -1.70. The topological polar surface area (TPSA) is 92.1 Å². The molecule has 0 fully saturated rings. The van der Waals surface area contributed by atoms with Gasteiger partial charge in [0.2, 0.25) is 0 Å². The van der Waals surface area contributed by atoms with Crippen molar-refractivity contribution in [3.63, 3.8) is 0 Å². The van der Waals surface area contributed by atoms with E-state index in [9.17, 15) is 8.42 Å². The standard InChI is InChI=1S/C13H18N4O2S/c1-10-15-8-13(16-10)20(18,19)17(2)9-12-6-4-3-5-11(12)7-14/h3-6,8H,7,9,14H2,1-2H3,(H,15,16). The van der Waals surface area contributed by atoms with Crippen molar-refractivity contribution in [3.8, 4) is 0 Å². The lowest BCUT2D eigenvalue weighted by atomic mass is 10.1. The maximum Gasteiger partial charge on any atom is 0.260 e. The Morgan fingerprint density at radius 3 is 2.50 bits per heavy atom. The van der Waals surface area contributed by atoms with Gasteiger partial charge in [0, 0.05) is 20.1 Å². The van der Waals surface area contributed by atoms with Crippen molar-refractivity contribution in [3.05, 3.63) is 47.4 Å². The van der Waals surface area contributed by atoms with Gasteiger partial charge in [0.25, 0.3) is 10.0 Å². The molecule has 20 heavy (non-hydrogen) atoms. The van der Waals surface area contributed by atoms with E-state index in [1.807, 2.05) is 24.3 Å². The largest absolute Gasteiger partial charge is 0.332 e. The second kappa shape index (κ2) is 5.74. The second-order valence-corrected chi connectivity index (χ2v) is 6.58. The first-order valence-electron chi connectivity index (χ1n) is 6.20. The molecule has 0 unspecified atom stereocenters. The molecule has 2 rings (SSSR count). The lowest BCUT2D eigenvalue weighted by Gasteiger charge is -2.17. The van der Waals surface area contributed by atoms with Gasteiger partial charge in [0.15, 0.2) is 5.03 Å². The van der Waals surface area contributed by atoms with E-state index in [-0.39, 0.29) is 11.6 Å². The summed E-state index contributed by atoms with van der Waals surface area (Å²) in [5.41, 5.74) is 7.51. The first kappa shape index (κ1) is 14.7. The molecule has 2 aromatic rings. The van der Waals surface area contributed by atoms with E-state index in [2.05, 4.69) is 9.97 Å². The summed E-state index contributed by atoms with van der Waals surface area (Å²) < 4.78 is 26.0. The summed E-state index contributed by atoms with van der Waals surface area (Å²) in [4.78, 5) is 6.67. The Morgan fingerprint density at radius 1 is 1.30 bits per heavy atom. The maximum atomic E-state index is 12.4. The molecule has 0 amide bonds. The number of aromatic amines is 1. The van der Waals surface area contributed by atoms with E-state index in [0.717, 1.165) is 11.1 Å². The fourth-order valence-electron chi connectivity index (χ4n) is 1.93. The normalized spacial score (nSPS) is 12.0. The first-order valence-corrected chi connectivity index (χ1v) is 7.64. The molecule has 0 aliphatic heterocycles. The zero-order chi connectivity index (χ0) is 14.8. The molecular weight excluding hydrogens is 276 g/mol. The minimum atomic E-state index is -3.57. The fourth-order valence-corrected chi connectivity index (χ4v) is 3.04. The maximum absolute atomic E-state index is 12.4. The molecule has 1 aromatic carbocycles. The average molecular weight is 294 g/mol. The quantitative estimate of drug-likeness (QED) is 0.860. The third-order valence-corrected chi connectivity index (χ3v) is 4.81. The minimum absolute atomic E-state index is 0.0997. The number of hydrogen-bond acceptors (Lipinski definition) is 4. The number of H-pyrrole nitrogens is 1. The summed E-state index contributed by atoms with van der Waals surface area (Å²) in [6.07, 6.45) is 1.33. The Kier molecular flexibility index (Phi) is 4.22. The number of benzene rings is 1. The Labute approximate surface area is 118 Å². The number of nitrogens with zero attached hydrogens (tertiary/aromatic N) is 2. The van der Waals surface area contributed by atoms with Gasteiger partial charge in [-0.25, -0.2) is 13.4 Å². The van der Waals surface area contributed by atoms with Gasteiger partial charge in [-0.3, -0.25) is 0 Å². The molecule has 0 spiro atoms. The second-order valence-electron chi connectivity index (χ2n) is 4.57. The molecule has 108 valence electrons. The van der Waals surface area contributed by atoms with E-state index >= 15 is 0 Å². The number of nitrogens with one attached hydrogen (secondary N) is 1. The summed E-state index contributed by atoms with van der Waals surface area (Å²) in [7, 11) is -2.03. The van der Waals surface area contributed by atoms with E-state index in [1.165, 1.54) is 10.5 Å². The van der Waals surface area contributed by atoms with Gasteiger partial charge in [0.05, 0.1) is 6.20 Å². The van der Waals surface area contributed by atoms with Crippen molar-refractivity contribution < 1.29 is 8.42 Å². The van der Waals surface area contributed by atoms with E-state index in [0.29, 0.717) is 12.4 Å². The molecular formula is C13H18N4O2S. The van der Waals surface area contributed by atoms with Crippen LogP contribution in [0.4, 0.5) is 0 Å². The highest BCUT2D eigenvalue weighted by Crippen LogP contribution is 2.17. The molecule has 0 atom stereocenters. The highest BCUT2D eigenvalue weighted by atomic mass is 32.2. The zero-order valence-corrected chi connectivity index (χ0v) is 12.3. The monoisotopic (exact) mass is 294 g/mol. The lowest BCUT2D eigenvalue weighted by Crippen LogP contribution is -2.27. The van der Waals surface area contributed by atoms with E-state index in [1.54, 1.807) is 14.0 Å². The Morgan fingerprint density at radius 2 is 1.95 bits per heavy atom. The molecule has 3 N–H and O–H groups in total. The summed E-state index contributed by atoms with van der Waals surface area (Å²) in [6.45, 7) is 2.36. The number of imidazole rings is 1. The summed E-state index contributed by atoms with van der Waals surface area (Å²) >= 11 is 0. The number of rotatable bonds is 5. The Balaban J connectivity index is 2.25. The summed E-state index contributed by atoms with van der Waals surface area (Å²) in [6, 6.07) is 7.54. The predicted octanol–water partition coefficient (Wildman–Crippen LogP) is 0.998. The van der Waals surface area contributed by atoms with Gasteiger partial charge in [-0.1, -0.05) is 24.3 Å². The third kappa shape index (κ3) is 2.90. The van der Waals surface area contributed by atoms with E-state index < -0.39 is 10.0 Å². The van der Waals surface area contributed by atoms with Gasteiger partial charge >= 0.3 is 0 Å². The Bertz CT molecular complexity index is 694. The van der Waals surface area contributed by atoms with Crippen LogP contribution >= 0.6 is 0 Å². The smallest absolute Gasteiger partial charge is 0.260 e. The van der Waals surface area contributed by atoms with Crippen LogP contribution < -0.4 is 5.73 Å². The SMILES string of the molecule is Cc1ncc(S(=O)(=O)N(C)Cc2ccccc2CN)[nH]1. The molecule has 0 aliphatic carbocycles. The van der Waals surface area contributed by atoms with E-state index in [4.69, 9.17) is 5.73 Å². The number of aromatic nitrogens is 2. The van der Waals surface area contributed by atoms with Crippen LogP contribution in [0.3, 0.4) is 0 Å². The van der Waals surface area contributed by atoms with Gasteiger partial charge in [-0.15, -0.1) is 0 Å². The molecule has 6 nitrogen and oxygen atoms in total. The highest BCUT2D eigenvalue weighted by molar-refractivity contribution is 7.89. The van der Waals surface area contributed by atoms with Crippen LogP contribution in [-0.2, 0) is 23.1 Å². The van der Waals surface area contributed by atoms with Crippen LogP contribution in [0.15, 0.2) is 35.5 Å². The van der Waals surface area contributed by atoms with Crippen molar-refractivity contribution in [1.82, 2.24) is 14.3 Å². The number of aryl methyl sites for hydroxylation is 1. The van der Waals surface area contributed by atoms with Crippen molar-refractivity contribution in [2.24, 2.45) is 5.73 Å². The number of nitrogens with two attached hydrogens (primary N) is 1. The number of hydrogen-bond donors (Lipinski definition) is 2. The third-order valence-electron chi connectivity index (χ3n) is 3.10. The average Bonchev–Trinajstić information content (AvgIpc) is 2.86. The molecule has 0 bridgehead atoms. The number of sulfonamides is 1. The molecule has 1 aromatic heterocycles. The van der Waals surface area contributed by atoms with Crippen LogP contribution in [0.1, 0.15) is 17.0 Å². The van der Waals surface area contributed by atoms with Crippen molar-refractivity contribution in [2.45, 2.75) is 25.0 Å². The summed E-state index contributed by atoms with van der Waals surface area (Å²) in [5, 5.41) is 0.0997. The molecule has 0 aliphatic rings. The van der Waals surface area contributed by atoms with Crippen LogP contribution in [0, 0.1) is 6.92 Å². The van der Waals surface area contributed by atoms with Gasteiger partial charge in [0.1, 0.15) is 5.82 Å². The van der Waals surface area contributed by atoms with Crippen molar-refractivity contribution in [1.29, 1.82) is 0 Å². The molecule has 1 heterocycles. The van der Waals surface area contributed by atoms with Crippen molar-refractivity contribution in [2.75, 3.05) is 7.05 Å². The highest BCUT2D eigenvalue weighted by Gasteiger charge is 2.23. The van der Waals surface area contributed by atoms with Gasteiger partial charge in [-0.05, 0) is 18.1 Å². The molecule has 0 saturated carbocycles. The summed E-state index contributed by atoms with van der Waals surface area (Å²) in [5.74, 6) is 0.569. The lowest BCUT2D eigenvalue weighted by molar-refractivity contribution is 0.463. The zero-order valence-electron chi connectivity index (χ0n) is 11.5. The van der Waals surface area contributed by atoms with Crippen molar-refractivity contribution >= 4 is 10.0 Å². The molecule has 7 heteroatoms.